The van der Waals surface area contributed by atoms with Gasteiger partial charge in [-0.2, -0.15) is 5.10 Å². The van der Waals surface area contributed by atoms with Crippen LogP contribution in [-0.2, 0) is 9.53 Å². The highest BCUT2D eigenvalue weighted by molar-refractivity contribution is 5.92. The molecule has 0 unspecified atom stereocenters. The molecule has 3 aromatic rings. The zero-order chi connectivity index (χ0) is 20.9. The minimum absolute atomic E-state index is 0.0419. The molecule has 0 aliphatic carbocycles. The van der Waals surface area contributed by atoms with E-state index in [1.807, 2.05) is 30.3 Å². The molecule has 0 spiro atoms. The predicted molar refractivity (Wildman–Crippen MR) is 106 cm³/mol. The largest absolute Gasteiger partial charge is 0.375 e. The van der Waals surface area contributed by atoms with Crippen LogP contribution in [0, 0.1) is 0 Å². The Morgan fingerprint density at radius 1 is 1.27 bits per heavy atom. The van der Waals surface area contributed by atoms with Gasteiger partial charge in [0, 0.05) is 37.7 Å². The number of H-pyrrole nitrogens is 1. The summed E-state index contributed by atoms with van der Waals surface area (Å²) in [6, 6.07) is 8.93. The SMILES string of the molecule is COCC(=O)N[C@H]1C[C@@H](c2nc(-c3ccccc3)n[nH]2)N(C(=O)c2cnccn2)C1. The van der Waals surface area contributed by atoms with Crippen LogP contribution in [0.5, 0.6) is 0 Å². The van der Waals surface area contributed by atoms with Crippen LogP contribution in [-0.4, -0.2) is 68.2 Å². The quantitative estimate of drug-likeness (QED) is 0.624. The highest BCUT2D eigenvalue weighted by Gasteiger charge is 2.39. The Hall–Kier alpha value is -3.66. The van der Waals surface area contributed by atoms with Gasteiger partial charge in [0.15, 0.2) is 5.82 Å². The molecule has 3 heterocycles. The van der Waals surface area contributed by atoms with E-state index in [1.54, 1.807) is 4.90 Å². The summed E-state index contributed by atoms with van der Waals surface area (Å²) in [6.45, 7) is 0.274. The van der Waals surface area contributed by atoms with E-state index in [0.29, 0.717) is 24.6 Å². The molecular weight excluding hydrogens is 386 g/mol. The van der Waals surface area contributed by atoms with Crippen molar-refractivity contribution in [1.82, 2.24) is 35.4 Å². The number of aromatic amines is 1. The van der Waals surface area contributed by atoms with Gasteiger partial charge in [0.05, 0.1) is 12.2 Å². The van der Waals surface area contributed by atoms with Crippen molar-refractivity contribution in [2.45, 2.75) is 18.5 Å². The topological polar surface area (TPSA) is 126 Å². The summed E-state index contributed by atoms with van der Waals surface area (Å²) in [6.07, 6.45) is 4.89. The number of hydrogen-bond donors (Lipinski definition) is 2. The fourth-order valence-electron chi connectivity index (χ4n) is 3.52. The first-order valence-electron chi connectivity index (χ1n) is 9.48. The van der Waals surface area contributed by atoms with Crippen LogP contribution in [0.1, 0.15) is 28.8 Å². The van der Waals surface area contributed by atoms with Gasteiger partial charge in [-0.15, -0.1) is 0 Å². The van der Waals surface area contributed by atoms with E-state index < -0.39 is 6.04 Å². The summed E-state index contributed by atoms with van der Waals surface area (Å²) in [5.74, 6) is 0.575. The lowest BCUT2D eigenvalue weighted by molar-refractivity contribution is -0.125. The Morgan fingerprint density at radius 3 is 2.83 bits per heavy atom. The number of benzene rings is 1. The zero-order valence-corrected chi connectivity index (χ0v) is 16.4. The van der Waals surface area contributed by atoms with Gasteiger partial charge in [-0.05, 0) is 6.42 Å². The van der Waals surface area contributed by atoms with E-state index in [4.69, 9.17) is 4.74 Å². The molecule has 1 fully saturated rings. The molecule has 2 amide bonds. The second-order valence-corrected chi connectivity index (χ2v) is 6.91. The smallest absolute Gasteiger partial charge is 0.274 e. The van der Waals surface area contributed by atoms with Crippen molar-refractivity contribution >= 4 is 11.8 Å². The molecule has 1 aliphatic heterocycles. The molecule has 10 nitrogen and oxygen atoms in total. The number of hydrogen-bond acceptors (Lipinski definition) is 7. The van der Waals surface area contributed by atoms with E-state index in [0.717, 1.165) is 5.56 Å². The fourth-order valence-corrected chi connectivity index (χ4v) is 3.52. The molecule has 1 aliphatic rings. The summed E-state index contributed by atoms with van der Waals surface area (Å²) >= 11 is 0. The number of rotatable bonds is 6. The number of amides is 2. The van der Waals surface area contributed by atoms with Crippen molar-refractivity contribution < 1.29 is 14.3 Å². The van der Waals surface area contributed by atoms with Gasteiger partial charge < -0.3 is 15.0 Å². The number of ether oxygens (including phenoxy) is 1. The first-order chi connectivity index (χ1) is 14.7. The molecule has 2 aromatic heterocycles. The van der Waals surface area contributed by atoms with Crippen LogP contribution in [0.3, 0.4) is 0 Å². The van der Waals surface area contributed by atoms with Crippen molar-refractivity contribution in [3.8, 4) is 11.4 Å². The number of nitrogens with one attached hydrogen (secondary N) is 2. The highest BCUT2D eigenvalue weighted by Crippen LogP contribution is 2.32. The third-order valence-corrected chi connectivity index (χ3v) is 4.84. The average molecular weight is 407 g/mol. The minimum Gasteiger partial charge on any atom is -0.375 e. The van der Waals surface area contributed by atoms with Crippen LogP contribution < -0.4 is 5.32 Å². The van der Waals surface area contributed by atoms with Gasteiger partial charge in [0.25, 0.3) is 5.91 Å². The summed E-state index contributed by atoms with van der Waals surface area (Å²) < 4.78 is 4.88. The lowest BCUT2D eigenvalue weighted by Gasteiger charge is -2.22. The van der Waals surface area contributed by atoms with Crippen molar-refractivity contribution in [1.29, 1.82) is 0 Å². The van der Waals surface area contributed by atoms with E-state index in [1.165, 1.54) is 25.7 Å². The molecule has 1 saturated heterocycles. The van der Waals surface area contributed by atoms with Gasteiger partial charge in [0.2, 0.25) is 5.91 Å². The molecule has 154 valence electrons. The van der Waals surface area contributed by atoms with E-state index in [9.17, 15) is 9.59 Å². The van der Waals surface area contributed by atoms with Crippen molar-refractivity contribution in [2.24, 2.45) is 0 Å². The molecule has 0 radical (unpaired) electrons. The van der Waals surface area contributed by atoms with Gasteiger partial charge >= 0.3 is 0 Å². The molecule has 1 aromatic carbocycles. The molecule has 2 atom stereocenters. The van der Waals surface area contributed by atoms with Crippen molar-refractivity contribution in [3.05, 3.63) is 60.4 Å². The fraction of sp³-hybridized carbons (Fsp3) is 0.300. The third-order valence-electron chi connectivity index (χ3n) is 4.84. The number of methoxy groups -OCH3 is 1. The van der Waals surface area contributed by atoms with Crippen LogP contribution >= 0.6 is 0 Å². The Morgan fingerprint density at radius 2 is 2.10 bits per heavy atom. The second-order valence-electron chi connectivity index (χ2n) is 6.91. The molecule has 0 bridgehead atoms. The molecule has 10 heteroatoms. The molecule has 4 rings (SSSR count). The van der Waals surface area contributed by atoms with Crippen molar-refractivity contribution in [2.75, 3.05) is 20.3 Å². The third kappa shape index (κ3) is 4.18. The molecule has 0 saturated carbocycles. The monoisotopic (exact) mass is 407 g/mol. The first-order valence-corrected chi connectivity index (χ1v) is 9.48. The first kappa shape index (κ1) is 19.6. The zero-order valence-electron chi connectivity index (χ0n) is 16.4. The second kappa shape index (κ2) is 8.78. The van der Waals surface area contributed by atoms with Crippen LogP contribution in [0.15, 0.2) is 48.9 Å². The minimum atomic E-state index is -0.391. The molecule has 2 N–H and O–H groups in total. The molecule has 30 heavy (non-hydrogen) atoms. The number of aromatic nitrogens is 5. The maximum absolute atomic E-state index is 13.1. The number of likely N-dealkylation sites (tertiary alicyclic amines) is 1. The highest BCUT2D eigenvalue weighted by atomic mass is 16.5. The van der Waals surface area contributed by atoms with Gasteiger partial charge in [-0.3, -0.25) is 19.7 Å². The van der Waals surface area contributed by atoms with E-state index in [-0.39, 0.29) is 30.2 Å². The van der Waals surface area contributed by atoms with Crippen molar-refractivity contribution in [3.63, 3.8) is 0 Å². The summed E-state index contributed by atoms with van der Waals surface area (Å²) in [4.78, 5) is 39.4. The average Bonchev–Trinajstić information content (AvgIpc) is 3.42. The maximum atomic E-state index is 13.1. The number of nitrogens with zero attached hydrogens (tertiary/aromatic N) is 5. The Bertz CT molecular complexity index is 1010. The Balaban J connectivity index is 1.60. The number of carbonyl (C=O) groups excluding carboxylic acids is 2. The summed E-state index contributed by atoms with van der Waals surface area (Å²) in [5, 5.41) is 10.2. The Labute approximate surface area is 172 Å². The lowest BCUT2D eigenvalue weighted by Crippen LogP contribution is -2.40. The van der Waals surface area contributed by atoms with Crippen LogP contribution in [0.25, 0.3) is 11.4 Å². The molecular formula is C20H21N7O3. The van der Waals surface area contributed by atoms with Gasteiger partial charge in [-0.25, -0.2) is 9.97 Å². The lowest BCUT2D eigenvalue weighted by atomic mass is 10.1. The van der Waals surface area contributed by atoms with E-state index in [2.05, 4.69) is 30.5 Å². The van der Waals surface area contributed by atoms with Gasteiger partial charge in [-0.1, -0.05) is 30.3 Å². The number of carbonyl (C=O) groups is 2. The predicted octanol–water partition coefficient (Wildman–Crippen LogP) is 0.980. The summed E-state index contributed by atoms with van der Waals surface area (Å²) in [5.41, 5.74) is 1.10. The van der Waals surface area contributed by atoms with Crippen LogP contribution in [0.2, 0.25) is 0 Å². The van der Waals surface area contributed by atoms with Crippen LogP contribution in [0.4, 0.5) is 0 Å². The van der Waals surface area contributed by atoms with Gasteiger partial charge in [0.1, 0.15) is 18.1 Å². The standard InChI is InChI=1S/C20H21N7O3/c1-30-12-17(28)23-14-9-16(27(11-14)20(29)15-10-21-7-8-22-15)19-24-18(25-26-19)13-5-3-2-4-6-13/h2-8,10,14,16H,9,11-12H2,1H3,(H,23,28)(H,24,25,26)/t14-,16-/m0/s1. The summed E-state index contributed by atoms with van der Waals surface area (Å²) in [7, 11) is 1.46. The normalized spacial score (nSPS) is 18.4. The van der Waals surface area contributed by atoms with E-state index >= 15 is 0 Å². The Kier molecular flexibility index (Phi) is 5.75. The maximum Gasteiger partial charge on any atom is 0.274 e.